The van der Waals surface area contributed by atoms with Crippen LogP contribution in [0.1, 0.15) is 27.1 Å². The van der Waals surface area contributed by atoms with Crippen molar-refractivity contribution in [1.29, 1.82) is 0 Å². The summed E-state index contributed by atoms with van der Waals surface area (Å²) in [7, 11) is 0. The molecule has 1 aliphatic heterocycles. The average molecular weight is 485 g/mol. The molecule has 0 aliphatic carbocycles. The molecule has 1 unspecified atom stereocenters. The van der Waals surface area contributed by atoms with E-state index in [1.165, 1.54) is 46.3 Å². The molecule has 1 aliphatic rings. The molecule has 8 nitrogen and oxygen atoms in total. The molecule has 164 valence electrons. The van der Waals surface area contributed by atoms with E-state index in [0.29, 0.717) is 11.4 Å². The van der Waals surface area contributed by atoms with Gasteiger partial charge in [-0.2, -0.15) is 0 Å². The number of nitrogens with zero attached hydrogens (tertiary/aromatic N) is 3. The maximum absolute atomic E-state index is 13.3. The number of carbonyl (C=O) groups excluding carboxylic acids is 3. The highest BCUT2D eigenvalue weighted by Gasteiger charge is 2.40. The third-order valence-corrected chi connectivity index (χ3v) is 5.69. The van der Waals surface area contributed by atoms with Crippen molar-refractivity contribution in [3.05, 3.63) is 62.9 Å². The van der Waals surface area contributed by atoms with E-state index < -0.39 is 23.9 Å². The Hall–Kier alpha value is -2.39. The highest BCUT2D eigenvalue weighted by molar-refractivity contribution is 6.42. The van der Waals surface area contributed by atoms with Gasteiger partial charge >= 0.3 is 0 Å². The molecular formula is C20H20Cl3N5O3. The molecule has 2 aromatic rings. The van der Waals surface area contributed by atoms with Crippen molar-refractivity contribution in [3.63, 3.8) is 0 Å². The van der Waals surface area contributed by atoms with Gasteiger partial charge in [0, 0.05) is 37.9 Å². The van der Waals surface area contributed by atoms with Gasteiger partial charge in [0.05, 0.1) is 15.6 Å². The van der Waals surface area contributed by atoms with Crippen molar-refractivity contribution < 1.29 is 14.4 Å². The lowest BCUT2D eigenvalue weighted by Crippen LogP contribution is -2.63. The van der Waals surface area contributed by atoms with Gasteiger partial charge in [-0.15, -0.1) is 0 Å². The molecule has 0 saturated carbocycles. The molecule has 31 heavy (non-hydrogen) atoms. The van der Waals surface area contributed by atoms with Crippen LogP contribution in [-0.4, -0.2) is 64.9 Å². The predicted octanol–water partition coefficient (Wildman–Crippen LogP) is 2.43. The minimum absolute atomic E-state index is 0.203. The maximum Gasteiger partial charge on any atom is 0.263 e. The fourth-order valence-electron chi connectivity index (χ4n) is 3.28. The number of amides is 3. The monoisotopic (exact) mass is 483 g/mol. The fourth-order valence-corrected chi connectivity index (χ4v) is 3.69. The number of nitrogens with two attached hydrogens (primary N) is 1. The Kier molecular flexibility index (Phi) is 7.72. The van der Waals surface area contributed by atoms with E-state index in [1.807, 2.05) is 0 Å². The lowest BCUT2D eigenvalue weighted by atomic mass is 10.1. The molecule has 0 spiro atoms. The number of pyridine rings is 1. The van der Waals surface area contributed by atoms with Gasteiger partial charge in [0.25, 0.3) is 17.7 Å². The normalized spacial score (nSPS) is 16.2. The van der Waals surface area contributed by atoms with Gasteiger partial charge in [-0.05, 0) is 36.8 Å². The van der Waals surface area contributed by atoms with Crippen LogP contribution in [0.5, 0.6) is 0 Å². The summed E-state index contributed by atoms with van der Waals surface area (Å²) in [6, 6.07) is 7.47. The molecule has 2 heterocycles. The van der Waals surface area contributed by atoms with Crippen LogP contribution >= 0.6 is 34.8 Å². The van der Waals surface area contributed by atoms with Gasteiger partial charge in [0.2, 0.25) is 0 Å². The Morgan fingerprint density at radius 1 is 1.00 bits per heavy atom. The highest BCUT2D eigenvalue weighted by Crippen LogP contribution is 2.26. The van der Waals surface area contributed by atoms with Gasteiger partial charge in [-0.1, -0.05) is 34.8 Å². The van der Waals surface area contributed by atoms with Crippen molar-refractivity contribution in [3.8, 4) is 0 Å². The lowest BCUT2D eigenvalue weighted by Gasteiger charge is -2.42. The first-order chi connectivity index (χ1) is 14.8. The molecule has 1 aromatic carbocycles. The first kappa shape index (κ1) is 23.3. The van der Waals surface area contributed by atoms with Crippen LogP contribution in [0.25, 0.3) is 0 Å². The summed E-state index contributed by atoms with van der Waals surface area (Å²) < 4.78 is 0. The second-order valence-electron chi connectivity index (χ2n) is 6.80. The topological polar surface area (TPSA) is 109 Å². The quantitative estimate of drug-likeness (QED) is 0.634. The van der Waals surface area contributed by atoms with E-state index in [1.54, 1.807) is 0 Å². The van der Waals surface area contributed by atoms with Crippen LogP contribution in [0.15, 0.2) is 36.5 Å². The molecule has 1 fully saturated rings. The molecule has 1 aromatic heterocycles. The number of halogens is 3. The molecule has 3 rings (SSSR count). The molecule has 0 radical (unpaired) electrons. The van der Waals surface area contributed by atoms with Crippen molar-refractivity contribution in [2.45, 2.75) is 12.6 Å². The molecular weight excluding hydrogens is 465 g/mol. The molecule has 3 amide bonds. The molecule has 1 saturated heterocycles. The van der Waals surface area contributed by atoms with E-state index in [0.717, 1.165) is 0 Å². The zero-order chi connectivity index (χ0) is 22.5. The van der Waals surface area contributed by atoms with Crippen LogP contribution in [0.4, 0.5) is 0 Å². The van der Waals surface area contributed by atoms with E-state index in [2.05, 4.69) is 10.3 Å². The summed E-state index contributed by atoms with van der Waals surface area (Å²) in [5.74, 6) is -1.39. The third-order valence-electron chi connectivity index (χ3n) is 4.73. The fraction of sp³-hybridized carbons (Fsp3) is 0.300. The standard InChI is InChI=1S/C20H20Cl3N5O3/c21-14-4-2-12(10-15(14)22)19(30)27-8-1-9-28(18(27)17(29)25-7-6-24)20(31)13-3-5-16(23)26-11-13/h2-5,10-11,18H,1,6-9,24H2,(H,25,29). The molecule has 3 N–H and O–H groups in total. The Labute approximate surface area is 194 Å². The zero-order valence-electron chi connectivity index (χ0n) is 16.4. The first-order valence-electron chi connectivity index (χ1n) is 9.50. The zero-order valence-corrected chi connectivity index (χ0v) is 18.6. The van der Waals surface area contributed by atoms with Gasteiger partial charge in [-0.25, -0.2) is 4.98 Å². The van der Waals surface area contributed by atoms with Gasteiger partial charge in [0.1, 0.15) is 5.15 Å². The Bertz CT molecular complexity index is 987. The van der Waals surface area contributed by atoms with Gasteiger partial charge in [-0.3, -0.25) is 14.4 Å². The SMILES string of the molecule is NCCNC(=O)C1N(C(=O)c2ccc(Cl)nc2)CCCN1C(=O)c1ccc(Cl)c(Cl)c1. The van der Waals surface area contributed by atoms with Crippen LogP contribution in [0.2, 0.25) is 15.2 Å². The van der Waals surface area contributed by atoms with Crippen molar-refractivity contribution in [1.82, 2.24) is 20.1 Å². The molecule has 1 atom stereocenters. The minimum atomic E-state index is -1.16. The largest absolute Gasteiger partial charge is 0.351 e. The second kappa shape index (κ2) is 10.3. The predicted molar refractivity (Wildman–Crippen MR) is 118 cm³/mol. The Morgan fingerprint density at radius 2 is 1.65 bits per heavy atom. The van der Waals surface area contributed by atoms with Crippen molar-refractivity contribution >= 4 is 52.5 Å². The number of aromatic nitrogens is 1. The summed E-state index contributed by atoms with van der Waals surface area (Å²) in [5.41, 5.74) is 6.01. The molecule has 11 heteroatoms. The van der Waals surface area contributed by atoms with Crippen molar-refractivity contribution in [2.24, 2.45) is 5.73 Å². The van der Waals surface area contributed by atoms with Crippen LogP contribution < -0.4 is 11.1 Å². The van der Waals surface area contributed by atoms with Gasteiger partial charge < -0.3 is 20.9 Å². The minimum Gasteiger partial charge on any atom is -0.351 e. The van der Waals surface area contributed by atoms with Crippen LogP contribution in [0, 0.1) is 0 Å². The third kappa shape index (κ3) is 5.27. The van der Waals surface area contributed by atoms with Crippen LogP contribution in [0.3, 0.4) is 0 Å². The summed E-state index contributed by atoms with van der Waals surface area (Å²) in [5, 5.41) is 3.43. The summed E-state index contributed by atoms with van der Waals surface area (Å²) in [4.78, 5) is 46.0. The molecule has 0 bridgehead atoms. The van der Waals surface area contributed by atoms with E-state index >= 15 is 0 Å². The number of hydrogen-bond acceptors (Lipinski definition) is 5. The summed E-state index contributed by atoms with van der Waals surface area (Å²) in [6.45, 7) is 0.985. The average Bonchev–Trinajstić information content (AvgIpc) is 2.78. The Morgan fingerprint density at radius 3 is 2.23 bits per heavy atom. The number of rotatable bonds is 5. The van der Waals surface area contributed by atoms with E-state index in [9.17, 15) is 14.4 Å². The Balaban J connectivity index is 1.95. The first-order valence-corrected chi connectivity index (χ1v) is 10.6. The van der Waals surface area contributed by atoms with Crippen molar-refractivity contribution in [2.75, 3.05) is 26.2 Å². The summed E-state index contributed by atoms with van der Waals surface area (Å²) in [6.07, 6.45) is 0.658. The van der Waals surface area contributed by atoms with Crippen LogP contribution in [-0.2, 0) is 4.79 Å². The second-order valence-corrected chi connectivity index (χ2v) is 8.00. The number of hydrogen-bond donors (Lipinski definition) is 2. The highest BCUT2D eigenvalue weighted by atomic mass is 35.5. The van der Waals surface area contributed by atoms with E-state index in [4.69, 9.17) is 40.5 Å². The maximum atomic E-state index is 13.3. The smallest absolute Gasteiger partial charge is 0.263 e. The number of benzene rings is 1. The summed E-state index contributed by atoms with van der Waals surface area (Å²) >= 11 is 17.8. The number of carbonyl (C=O) groups is 3. The van der Waals surface area contributed by atoms with E-state index in [-0.39, 0.29) is 47.5 Å². The van der Waals surface area contributed by atoms with Gasteiger partial charge in [0.15, 0.2) is 6.17 Å². The number of nitrogens with one attached hydrogen (secondary N) is 1. The lowest BCUT2D eigenvalue weighted by molar-refractivity contribution is -0.132.